The lowest BCUT2D eigenvalue weighted by molar-refractivity contribution is -0.138. The molecule has 5 heteroatoms. The third-order valence-corrected chi connectivity index (χ3v) is 2.44. The van der Waals surface area contributed by atoms with E-state index in [9.17, 15) is 4.79 Å². The van der Waals surface area contributed by atoms with Crippen molar-refractivity contribution < 1.29 is 9.90 Å². The molecule has 0 fully saturated rings. The highest BCUT2D eigenvalue weighted by Gasteiger charge is 2.17. The van der Waals surface area contributed by atoms with Gasteiger partial charge in [0.1, 0.15) is 5.01 Å². The van der Waals surface area contributed by atoms with Gasteiger partial charge in [0.25, 0.3) is 0 Å². The molecule has 0 aromatic carbocycles. The molecule has 1 rings (SSSR count). The summed E-state index contributed by atoms with van der Waals surface area (Å²) in [5, 5.41) is 10.9. The van der Waals surface area contributed by atoms with Crippen LogP contribution in [0, 0.1) is 0 Å². The second-order valence-corrected chi connectivity index (χ2v) is 3.24. The summed E-state index contributed by atoms with van der Waals surface area (Å²) in [4.78, 5) is 14.5. The van der Waals surface area contributed by atoms with Crippen LogP contribution in [-0.4, -0.2) is 16.1 Å². The molecule has 0 saturated heterocycles. The van der Waals surface area contributed by atoms with Crippen molar-refractivity contribution in [3.63, 3.8) is 0 Å². The molecule has 4 nitrogen and oxygen atoms in total. The minimum absolute atomic E-state index is 0.472. The van der Waals surface area contributed by atoms with Crippen molar-refractivity contribution in [2.75, 3.05) is 0 Å². The van der Waals surface area contributed by atoms with E-state index in [0.717, 1.165) is 12.1 Å². The van der Waals surface area contributed by atoms with Crippen molar-refractivity contribution >= 4 is 17.3 Å². The Hall–Kier alpha value is -0.940. The molecule has 0 saturated carbocycles. The number of aliphatic carboxylic acids is 1. The Morgan fingerprint density at radius 1 is 1.92 bits per heavy atom. The number of rotatable bonds is 3. The van der Waals surface area contributed by atoms with Crippen LogP contribution >= 0.6 is 11.3 Å². The molecule has 1 heterocycles. The Kier molecular flexibility index (Phi) is 2.78. The first kappa shape index (κ1) is 9.15. The topological polar surface area (TPSA) is 76.2 Å². The maximum Gasteiger partial charge on any atom is 0.327 e. The first-order valence-corrected chi connectivity index (χ1v) is 4.45. The van der Waals surface area contributed by atoms with E-state index in [4.69, 9.17) is 10.8 Å². The molecule has 1 aromatic rings. The van der Waals surface area contributed by atoms with Gasteiger partial charge in [-0.1, -0.05) is 6.92 Å². The zero-order chi connectivity index (χ0) is 9.14. The minimum Gasteiger partial charge on any atom is -0.480 e. The van der Waals surface area contributed by atoms with E-state index in [1.165, 1.54) is 11.3 Å². The molecule has 3 N–H and O–H groups in total. The smallest absolute Gasteiger partial charge is 0.327 e. The lowest BCUT2D eigenvalue weighted by Crippen LogP contribution is -2.20. The van der Waals surface area contributed by atoms with Crippen LogP contribution in [0.1, 0.15) is 23.7 Å². The lowest BCUT2D eigenvalue weighted by Gasteiger charge is -1.99. The number of thiazole rings is 1. The van der Waals surface area contributed by atoms with Gasteiger partial charge < -0.3 is 10.8 Å². The predicted octanol–water partition coefficient (Wildman–Crippen LogP) is 0.790. The highest BCUT2D eigenvalue weighted by molar-refractivity contribution is 7.09. The van der Waals surface area contributed by atoms with Crippen LogP contribution in [0.15, 0.2) is 5.38 Å². The van der Waals surface area contributed by atoms with Crippen LogP contribution in [0.3, 0.4) is 0 Å². The van der Waals surface area contributed by atoms with Gasteiger partial charge in [-0.2, -0.15) is 0 Å². The van der Waals surface area contributed by atoms with E-state index in [-0.39, 0.29) is 0 Å². The van der Waals surface area contributed by atoms with Crippen LogP contribution in [0.5, 0.6) is 0 Å². The first-order chi connectivity index (χ1) is 5.65. The van der Waals surface area contributed by atoms with Gasteiger partial charge in [0.05, 0.1) is 5.69 Å². The van der Waals surface area contributed by atoms with Crippen molar-refractivity contribution in [2.24, 2.45) is 5.73 Å². The van der Waals surface area contributed by atoms with Crippen LogP contribution in [0.4, 0.5) is 0 Å². The monoisotopic (exact) mass is 186 g/mol. The molecule has 0 bridgehead atoms. The number of hydrogen-bond acceptors (Lipinski definition) is 4. The van der Waals surface area contributed by atoms with Crippen molar-refractivity contribution in [1.29, 1.82) is 0 Å². The fraction of sp³-hybridized carbons (Fsp3) is 0.429. The fourth-order valence-electron chi connectivity index (χ4n) is 0.734. The standard InChI is InChI=1S/C7H10N2O2S/c1-2-4-3-12-6(9-4)5(8)7(10)11/h3,5H,2,8H2,1H3,(H,10,11). The SMILES string of the molecule is CCc1csc(C(N)C(=O)O)n1. The number of aromatic nitrogens is 1. The lowest BCUT2D eigenvalue weighted by atomic mass is 10.3. The third-order valence-electron chi connectivity index (χ3n) is 1.46. The molecule has 0 aliphatic carbocycles. The number of nitrogens with two attached hydrogens (primary N) is 1. The zero-order valence-corrected chi connectivity index (χ0v) is 7.47. The maximum atomic E-state index is 10.4. The number of hydrogen-bond donors (Lipinski definition) is 2. The molecule has 66 valence electrons. The van der Waals surface area contributed by atoms with E-state index < -0.39 is 12.0 Å². The van der Waals surface area contributed by atoms with E-state index in [0.29, 0.717) is 5.01 Å². The predicted molar refractivity (Wildman–Crippen MR) is 46.1 cm³/mol. The average molecular weight is 186 g/mol. The van der Waals surface area contributed by atoms with Crippen molar-refractivity contribution in [1.82, 2.24) is 4.98 Å². The molecule has 1 atom stereocenters. The van der Waals surface area contributed by atoms with E-state index in [2.05, 4.69) is 4.98 Å². The zero-order valence-electron chi connectivity index (χ0n) is 6.65. The van der Waals surface area contributed by atoms with Gasteiger partial charge in [0.15, 0.2) is 6.04 Å². The van der Waals surface area contributed by atoms with Crippen LogP contribution in [-0.2, 0) is 11.2 Å². The quantitative estimate of drug-likeness (QED) is 0.731. The van der Waals surface area contributed by atoms with Gasteiger partial charge in [-0.15, -0.1) is 11.3 Å². The summed E-state index contributed by atoms with van der Waals surface area (Å²) in [7, 11) is 0. The third kappa shape index (κ3) is 1.80. The minimum atomic E-state index is -1.04. The van der Waals surface area contributed by atoms with Crippen molar-refractivity contribution in [3.05, 3.63) is 16.1 Å². The van der Waals surface area contributed by atoms with Crippen molar-refractivity contribution in [2.45, 2.75) is 19.4 Å². The van der Waals surface area contributed by atoms with Gasteiger partial charge in [-0.25, -0.2) is 4.98 Å². The molecule has 0 radical (unpaired) electrons. The van der Waals surface area contributed by atoms with Crippen LogP contribution in [0.25, 0.3) is 0 Å². The molecule has 0 spiro atoms. The summed E-state index contributed by atoms with van der Waals surface area (Å²) >= 11 is 1.29. The number of aryl methyl sites for hydroxylation is 1. The fourth-order valence-corrected chi connectivity index (χ4v) is 1.63. The van der Waals surface area contributed by atoms with Crippen molar-refractivity contribution in [3.8, 4) is 0 Å². The van der Waals surface area contributed by atoms with E-state index in [1.807, 2.05) is 12.3 Å². The summed E-state index contributed by atoms with van der Waals surface area (Å²) in [5.74, 6) is -1.04. The largest absolute Gasteiger partial charge is 0.480 e. The van der Waals surface area contributed by atoms with E-state index >= 15 is 0 Å². The molecule has 0 aliphatic heterocycles. The summed E-state index contributed by atoms with van der Waals surface area (Å²) < 4.78 is 0. The molecule has 0 amide bonds. The highest BCUT2D eigenvalue weighted by Crippen LogP contribution is 2.16. The number of carboxylic acid groups (broad SMARTS) is 1. The first-order valence-electron chi connectivity index (χ1n) is 3.57. The Morgan fingerprint density at radius 2 is 2.58 bits per heavy atom. The Morgan fingerprint density at radius 3 is 3.00 bits per heavy atom. The van der Waals surface area contributed by atoms with Crippen LogP contribution < -0.4 is 5.73 Å². The molecular weight excluding hydrogens is 176 g/mol. The molecule has 12 heavy (non-hydrogen) atoms. The highest BCUT2D eigenvalue weighted by atomic mass is 32.1. The van der Waals surface area contributed by atoms with Gasteiger partial charge in [-0.05, 0) is 6.42 Å². The number of nitrogens with zero attached hydrogens (tertiary/aromatic N) is 1. The van der Waals surface area contributed by atoms with Gasteiger partial charge in [-0.3, -0.25) is 4.79 Å². The Bertz CT molecular complexity index is 285. The Balaban J connectivity index is 2.81. The molecule has 1 aromatic heterocycles. The van der Waals surface area contributed by atoms with Gasteiger partial charge in [0, 0.05) is 5.38 Å². The molecule has 1 unspecified atom stereocenters. The van der Waals surface area contributed by atoms with Gasteiger partial charge in [0.2, 0.25) is 0 Å². The second kappa shape index (κ2) is 3.64. The normalized spacial score (nSPS) is 12.8. The molecule has 0 aliphatic rings. The summed E-state index contributed by atoms with van der Waals surface area (Å²) in [5.41, 5.74) is 6.25. The van der Waals surface area contributed by atoms with Crippen LogP contribution in [0.2, 0.25) is 0 Å². The molecular formula is C7H10N2O2S. The summed E-state index contributed by atoms with van der Waals surface area (Å²) in [6.07, 6.45) is 0.808. The second-order valence-electron chi connectivity index (χ2n) is 2.35. The summed E-state index contributed by atoms with van der Waals surface area (Å²) in [6.45, 7) is 1.96. The van der Waals surface area contributed by atoms with Gasteiger partial charge >= 0.3 is 5.97 Å². The average Bonchev–Trinajstić information content (AvgIpc) is 2.50. The Labute approximate surface area is 74.0 Å². The maximum absolute atomic E-state index is 10.4. The number of carbonyl (C=O) groups is 1. The number of carboxylic acids is 1. The van der Waals surface area contributed by atoms with E-state index in [1.54, 1.807) is 0 Å². The summed E-state index contributed by atoms with van der Waals surface area (Å²) in [6, 6.07) is -0.977.